The molecule has 4 N–H and O–H groups in total. The molecule has 1 amide bonds. The molecule has 106 valence electrons. The number of amides is 1. The van der Waals surface area contributed by atoms with E-state index in [-0.39, 0.29) is 17.9 Å². The Morgan fingerprint density at radius 1 is 1.28 bits per heavy atom. The average Bonchev–Trinajstić information content (AvgIpc) is 2.28. The minimum absolute atomic E-state index is 0.0457. The highest BCUT2D eigenvalue weighted by Gasteiger charge is 2.26. The van der Waals surface area contributed by atoms with Crippen molar-refractivity contribution in [1.82, 2.24) is 5.32 Å². The molecule has 0 fully saturated rings. The number of nitrogens with one attached hydrogen (secondary N) is 1. The van der Waals surface area contributed by atoms with Gasteiger partial charge < -0.3 is 16.2 Å². The van der Waals surface area contributed by atoms with Crippen LogP contribution in [-0.4, -0.2) is 29.6 Å². The molecule has 0 spiro atoms. The molecule has 18 heavy (non-hydrogen) atoms. The van der Waals surface area contributed by atoms with E-state index in [4.69, 9.17) is 10.8 Å². The maximum absolute atomic E-state index is 11.8. The second kappa shape index (κ2) is 7.36. The summed E-state index contributed by atoms with van der Waals surface area (Å²) < 4.78 is 0. The van der Waals surface area contributed by atoms with Crippen molar-refractivity contribution in [3.05, 3.63) is 0 Å². The first kappa shape index (κ1) is 16.9. The normalized spacial score (nSPS) is 14.9. The molecule has 0 aromatic heterocycles. The van der Waals surface area contributed by atoms with Crippen LogP contribution in [0.1, 0.15) is 47.0 Å². The predicted molar refractivity (Wildman–Crippen MR) is 71.1 cm³/mol. The third-order valence-corrected chi connectivity index (χ3v) is 3.20. The molecule has 0 aliphatic heterocycles. The Hall–Kier alpha value is -1.10. The summed E-state index contributed by atoms with van der Waals surface area (Å²) >= 11 is 0. The Balaban J connectivity index is 3.95. The zero-order chi connectivity index (χ0) is 14.3. The van der Waals surface area contributed by atoms with Crippen molar-refractivity contribution in [2.24, 2.45) is 17.1 Å². The summed E-state index contributed by atoms with van der Waals surface area (Å²) in [7, 11) is 0. The van der Waals surface area contributed by atoms with Crippen molar-refractivity contribution in [3.8, 4) is 0 Å². The molecule has 0 aliphatic rings. The molecule has 2 unspecified atom stereocenters. The number of carbonyl (C=O) groups excluding carboxylic acids is 1. The number of hydrogen-bond acceptors (Lipinski definition) is 3. The van der Waals surface area contributed by atoms with Gasteiger partial charge in [0.2, 0.25) is 5.91 Å². The van der Waals surface area contributed by atoms with Crippen molar-refractivity contribution in [2.45, 2.75) is 53.0 Å². The lowest BCUT2D eigenvalue weighted by Crippen LogP contribution is -2.45. The maximum Gasteiger partial charge on any atom is 0.306 e. The van der Waals surface area contributed by atoms with Crippen molar-refractivity contribution < 1.29 is 14.7 Å². The highest BCUT2D eigenvalue weighted by atomic mass is 16.4. The molecule has 0 aromatic carbocycles. The van der Waals surface area contributed by atoms with Crippen LogP contribution >= 0.6 is 0 Å². The van der Waals surface area contributed by atoms with Crippen LogP contribution in [0.15, 0.2) is 0 Å². The summed E-state index contributed by atoms with van der Waals surface area (Å²) in [5, 5.41) is 11.7. The van der Waals surface area contributed by atoms with E-state index in [0.717, 1.165) is 12.8 Å². The van der Waals surface area contributed by atoms with Crippen LogP contribution in [-0.2, 0) is 9.59 Å². The largest absolute Gasteiger partial charge is 0.481 e. The standard InChI is InChI=1S/C13H26N2O3/c1-9(11(16)17)6-5-7-10(2)15-12(18)13(3,4)8-14/h9-10H,5-8,14H2,1-4H3,(H,15,18)(H,16,17). The molecule has 0 rings (SSSR count). The SMILES string of the molecule is CC(CCCC(C)C(=O)O)NC(=O)C(C)(C)CN. The fourth-order valence-electron chi connectivity index (χ4n) is 1.44. The van der Waals surface area contributed by atoms with Gasteiger partial charge in [-0.25, -0.2) is 0 Å². The molecular formula is C13H26N2O3. The molecule has 0 radical (unpaired) electrons. The lowest BCUT2D eigenvalue weighted by Gasteiger charge is -2.24. The fraction of sp³-hybridized carbons (Fsp3) is 0.846. The number of nitrogens with two attached hydrogens (primary N) is 1. The summed E-state index contributed by atoms with van der Waals surface area (Å²) in [6.07, 6.45) is 2.21. The Morgan fingerprint density at radius 3 is 2.28 bits per heavy atom. The van der Waals surface area contributed by atoms with Crippen LogP contribution in [0.5, 0.6) is 0 Å². The molecular weight excluding hydrogens is 232 g/mol. The third kappa shape index (κ3) is 6.00. The van der Waals surface area contributed by atoms with E-state index in [1.54, 1.807) is 6.92 Å². The molecule has 5 heteroatoms. The number of carbonyl (C=O) groups is 2. The topological polar surface area (TPSA) is 92.4 Å². The summed E-state index contributed by atoms with van der Waals surface area (Å²) in [4.78, 5) is 22.5. The van der Waals surface area contributed by atoms with E-state index in [1.807, 2.05) is 20.8 Å². The molecule has 0 aliphatic carbocycles. The van der Waals surface area contributed by atoms with Crippen LogP contribution in [0.3, 0.4) is 0 Å². The highest BCUT2D eigenvalue weighted by molar-refractivity contribution is 5.82. The lowest BCUT2D eigenvalue weighted by molar-refractivity contribution is -0.141. The Morgan fingerprint density at radius 2 is 1.83 bits per heavy atom. The minimum Gasteiger partial charge on any atom is -0.481 e. The van der Waals surface area contributed by atoms with Crippen LogP contribution in [0.2, 0.25) is 0 Å². The summed E-state index contributed by atoms with van der Waals surface area (Å²) in [6.45, 7) is 7.55. The average molecular weight is 258 g/mol. The Kier molecular flexibility index (Phi) is 6.91. The third-order valence-electron chi connectivity index (χ3n) is 3.20. The number of carboxylic acids is 1. The number of rotatable bonds is 8. The molecule has 0 heterocycles. The van der Waals surface area contributed by atoms with E-state index >= 15 is 0 Å². The van der Waals surface area contributed by atoms with Gasteiger partial charge in [0, 0.05) is 12.6 Å². The van der Waals surface area contributed by atoms with E-state index in [9.17, 15) is 9.59 Å². The first-order valence-corrected chi connectivity index (χ1v) is 6.44. The zero-order valence-corrected chi connectivity index (χ0v) is 11.8. The van der Waals surface area contributed by atoms with E-state index < -0.39 is 11.4 Å². The van der Waals surface area contributed by atoms with Crippen molar-refractivity contribution >= 4 is 11.9 Å². The summed E-state index contributed by atoms with van der Waals surface area (Å²) in [5.41, 5.74) is 4.98. The van der Waals surface area contributed by atoms with Gasteiger partial charge in [-0.1, -0.05) is 13.3 Å². The Labute approximate surface area is 109 Å². The van der Waals surface area contributed by atoms with Crippen LogP contribution in [0, 0.1) is 11.3 Å². The summed E-state index contributed by atoms with van der Waals surface area (Å²) in [5.74, 6) is -1.15. The molecule has 0 aromatic rings. The fourth-order valence-corrected chi connectivity index (χ4v) is 1.44. The van der Waals surface area contributed by atoms with Gasteiger partial charge in [0.05, 0.1) is 11.3 Å². The summed E-state index contributed by atoms with van der Waals surface area (Å²) in [6, 6.07) is 0.0457. The van der Waals surface area contributed by atoms with Crippen LogP contribution < -0.4 is 11.1 Å². The predicted octanol–water partition coefficient (Wildman–Crippen LogP) is 1.37. The number of carboxylic acid groups (broad SMARTS) is 1. The highest BCUT2D eigenvalue weighted by Crippen LogP contribution is 2.14. The van der Waals surface area contributed by atoms with Gasteiger partial charge in [-0.05, 0) is 33.6 Å². The lowest BCUT2D eigenvalue weighted by atomic mass is 9.92. The molecule has 0 saturated heterocycles. The first-order chi connectivity index (χ1) is 8.20. The molecule has 5 nitrogen and oxygen atoms in total. The van der Waals surface area contributed by atoms with Crippen molar-refractivity contribution in [2.75, 3.05) is 6.54 Å². The van der Waals surface area contributed by atoms with Gasteiger partial charge in [-0.15, -0.1) is 0 Å². The quantitative estimate of drug-likeness (QED) is 0.613. The second-order valence-electron chi connectivity index (χ2n) is 5.63. The van der Waals surface area contributed by atoms with E-state index in [1.165, 1.54) is 0 Å². The molecule has 0 saturated carbocycles. The zero-order valence-electron chi connectivity index (χ0n) is 11.8. The second-order valence-corrected chi connectivity index (χ2v) is 5.63. The smallest absolute Gasteiger partial charge is 0.306 e. The van der Waals surface area contributed by atoms with Gasteiger partial charge in [0.15, 0.2) is 0 Å². The van der Waals surface area contributed by atoms with Crippen molar-refractivity contribution in [1.29, 1.82) is 0 Å². The van der Waals surface area contributed by atoms with Gasteiger partial charge in [-0.3, -0.25) is 9.59 Å². The molecule has 0 bridgehead atoms. The monoisotopic (exact) mass is 258 g/mol. The van der Waals surface area contributed by atoms with Gasteiger partial charge in [-0.2, -0.15) is 0 Å². The Bertz CT molecular complexity index is 290. The van der Waals surface area contributed by atoms with Crippen LogP contribution in [0.25, 0.3) is 0 Å². The van der Waals surface area contributed by atoms with Gasteiger partial charge >= 0.3 is 5.97 Å². The van der Waals surface area contributed by atoms with Crippen LogP contribution in [0.4, 0.5) is 0 Å². The van der Waals surface area contributed by atoms with E-state index in [2.05, 4.69) is 5.32 Å². The minimum atomic E-state index is -0.768. The maximum atomic E-state index is 11.8. The van der Waals surface area contributed by atoms with Gasteiger partial charge in [0.25, 0.3) is 0 Å². The van der Waals surface area contributed by atoms with Crippen molar-refractivity contribution in [3.63, 3.8) is 0 Å². The van der Waals surface area contributed by atoms with E-state index in [0.29, 0.717) is 13.0 Å². The van der Waals surface area contributed by atoms with Gasteiger partial charge in [0.1, 0.15) is 0 Å². The number of hydrogen-bond donors (Lipinski definition) is 3. The first-order valence-electron chi connectivity index (χ1n) is 6.44. The molecule has 2 atom stereocenters. The number of aliphatic carboxylic acids is 1.